The Morgan fingerprint density at radius 3 is 2.63 bits per heavy atom. The van der Waals surface area contributed by atoms with Gasteiger partial charge in [-0.2, -0.15) is 0 Å². The summed E-state index contributed by atoms with van der Waals surface area (Å²) in [5.41, 5.74) is -1.03. The summed E-state index contributed by atoms with van der Waals surface area (Å²) in [6.07, 6.45) is 3.80. The molecule has 19 heavy (non-hydrogen) atoms. The number of nitrogens with zero attached hydrogens (tertiary/aromatic N) is 1. The van der Waals surface area contributed by atoms with Crippen LogP contribution in [0.25, 0.3) is 0 Å². The molecule has 0 radical (unpaired) electrons. The average Bonchev–Trinajstić information content (AvgIpc) is 2.36. The van der Waals surface area contributed by atoms with Crippen LogP contribution in [-0.4, -0.2) is 28.5 Å². The Labute approximate surface area is 111 Å². The maximum atomic E-state index is 11.9. The normalized spacial score (nSPS) is 10.6. The number of carbonyl (C=O) groups is 1. The zero-order valence-electron chi connectivity index (χ0n) is 11.4. The fourth-order valence-corrected chi connectivity index (χ4v) is 1.64. The highest BCUT2D eigenvalue weighted by atomic mass is 16.5. The molecule has 1 N–H and O–H groups in total. The van der Waals surface area contributed by atoms with Gasteiger partial charge in [-0.05, 0) is 19.8 Å². The van der Waals surface area contributed by atoms with Crippen molar-refractivity contribution < 1.29 is 9.53 Å². The molecule has 0 aliphatic rings. The Hall–Kier alpha value is -1.69. The lowest BCUT2D eigenvalue weighted by Gasteiger charge is -2.06. The first-order chi connectivity index (χ1) is 9.07. The van der Waals surface area contributed by atoms with Crippen molar-refractivity contribution in [3.8, 4) is 0 Å². The summed E-state index contributed by atoms with van der Waals surface area (Å²) in [7, 11) is 0. The Morgan fingerprint density at radius 2 is 2.00 bits per heavy atom. The summed E-state index contributed by atoms with van der Waals surface area (Å²) >= 11 is 0. The van der Waals surface area contributed by atoms with Crippen LogP contribution in [0.4, 0.5) is 0 Å². The van der Waals surface area contributed by atoms with Gasteiger partial charge >= 0.3 is 5.69 Å². The van der Waals surface area contributed by atoms with E-state index < -0.39 is 11.2 Å². The maximum absolute atomic E-state index is 11.9. The lowest BCUT2D eigenvalue weighted by Crippen LogP contribution is -2.38. The molecule has 0 atom stereocenters. The molecule has 0 saturated carbocycles. The highest BCUT2D eigenvalue weighted by Gasteiger charge is 2.10. The van der Waals surface area contributed by atoms with Crippen molar-refractivity contribution in [2.24, 2.45) is 0 Å². The monoisotopic (exact) mass is 268 g/mol. The van der Waals surface area contributed by atoms with Crippen LogP contribution >= 0.6 is 0 Å². The molecule has 0 fully saturated rings. The van der Waals surface area contributed by atoms with Crippen molar-refractivity contribution in [3.63, 3.8) is 0 Å². The molecule has 1 rings (SSSR count). The summed E-state index contributed by atoms with van der Waals surface area (Å²) in [5.74, 6) is -0.353. The molecule has 0 bridgehead atoms. The van der Waals surface area contributed by atoms with Gasteiger partial charge in [-0.25, -0.2) is 4.79 Å². The minimum absolute atomic E-state index is 0.00602. The highest BCUT2D eigenvalue weighted by Crippen LogP contribution is 1.92. The molecule has 0 aromatic carbocycles. The van der Waals surface area contributed by atoms with E-state index in [1.807, 2.05) is 0 Å². The smallest absolute Gasteiger partial charge is 0.328 e. The largest absolute Gasteiger partial charge is 0.381 e. The predicted octanol–water partition coefficient (Wildman–Crippen LogP) is 0.946. The Morgan fingerprint density at radius 1 is 1.32 bits per heavy atom. The zero-order valence-corrected chi connectivity index (χ0v) is 11.4. The quantitative estimate of drug-likeness (QED) is 0.562. The van der Waals surface area contributed by atoms with Crippen molar-refractivity contribution in [2.75, 3.05) is 13.2 Å². The van der Waals surface area contributed by atoms with E-state index in [0.29, 0.717) is 19.6 Å². The standard InChI is InChI=1S/C13H20N2O4/c1-3-4-7-19-8-5-6-15-12(17)11(10(2)16)9-14-13(15)18/h9H,3-8H2,1-2H3,(H,14,18). The molecule has 0 aliphatic carbocycles. The van der Waals surface area contributed by atoms with E-state index in [9.17, 15) is 14.4 Å². The number of hydrogen-bond donors (Lipinski definition) is 1. The van der Waals surface area contributed by atoms with Crippen molar-refractivity contribution in [1.82, 2.24) is 9.55 Å². The topological polar surface area (TPSA) is 81.2 Å². The molecule has 0 saturated heterocycles. The zero-order chi connectivity index (χ0) is 14.3. The van der Waals surface area contributed by atoms with Gasteiger partial charge in [0.05, 0.1) is 5.56 Å². The number of ketones is 1. The molecule has 0 unspecified atom stereocenters. The number of rotatable bonds is 8. The summed E-state index contributed by atoms with van der Waals surface area (Å²) in [5, 5.41) is 0. The minimum Gasteiger partial charge on any atom is -0.381 e. The molecular weight excluding hydrogens is 248 g/mol. The van der Waals surface area contributed by atoms with Gasteiger partial charge in [-0.15, -0.1) is 0 Å². The van der Waals surface area contributed by atoms with E-state index >= 15 is 0 Å². The van der Waals surface area contributed by atoms with Crippen molar-refractivity contribution >= 4 is 5.78 Å². The molecule has 0 aliphatic heterocycles. The lowest BCUT2D eigenvalue weighted by molar-refractivity contribution is 0.101. The van der Waals surface area contributed by atoms with Gasteiger partial charge in [-0.1, -0.05) is 13.3 Å². The molecule has 1 aromatic heterocycles. The average molecular weight is 268 g/mol. The van der Waals surface area contributed by atoms with E-state index in [-0.39, 0.29) is 17.9 Å². The van der Waals surface area contributed by atoms with E-state index in [1.165, 1.54) is 13.1 Å². The van der Waals surface area contributed by atoms with Gasteiger partial charge in [0, 0.05) is 26.0 Å². The first-order valence-electron chi connectivity index (χ1n) is 6.49. The van der Waals surface area contributed by atoms with Gasteiger partial charge < -0.3 is 9.72 Å². The number of H-pyrrole nitrogens is 1. The Kier molecular flexibility index (Phi) is 6.21. The van der Waals surface area contributed by atoms with Crippen LogP contribution in [-0.2, 0) is 11.3 Å². The van der Waals surface area contributed by atoms with Crippen LogP contribution in [0.5, 0.6) is 0 Å². The number of aromatic amines is 1. The number of Topliss-reactive ketones (excluding diaryl/α,β-unsaturated/α-hetero) is 1. The third-order valence-electron chi connectivity index (χ3n) is 2.75. The van der Waals surface area contributed by atoms with Gasteiger partial charge in [-0.3, -0.25) is 14.2 Å². The van der Waals surface area contributed by atoms with Crippen molar-refractivity contribution in [3.05, 3.63) is 32.6 Å². The molecule has 6 nitrogen and oxygen atoms in total. The van der Waals surface area contributed by atoms with Crippen LogP contribution < -0.4 is 11.2 Å². The lowest BCUT2D eigenvalue weighted by atomic mass is 10.2. The Bertz CT molecular complexity index is 530. The summed E-state index contributed by atoms with van der Waals surface area (Å²) in [4.78, 5) is 37.0. The van der Waals surface area contributed by atoms with Gasteiger partial charge in [0.15, 0.2) is 5.78 Å². The number of carbonyl (C=O) groups excluding carboxylic acids is 1. The summed E-state index contributed by atoms with van der Waals surface area (Å²) in [6.45, 7) is 4.82. The molecule has 1 heterocycles. The predicted molar refractivity (Wildman–Crippen MR) is 71.7 cm³/mol. The summed E-state index contributed by atoms with van der Waals surface area (Å²) in [6, 6.07) is 0. The second-order valence-electron chi connectivity index (χ2n) is 4.34. The van der Waals surface area contributed by atoms with Crippen LogP contribution in [0.2, 0.25) is 0 Å². The Balaban J connectivity index is 2.63. The number of unbranched alkanes of at least 4 members (excludes halogenated alkanes) is 1. The van der Waals surface area contributed by atoms with Crippen LogP contribution in [0.15, 0.2) is 15.8 Å². The maximum Gasteiger partial charge on any atom is 0.328 e. The molecule has 1 aromatic rings. The first-order valence-corrected chi connectivity index (χ1v) is 6.49. The van der Waals surface area contributed by atoms with E-state index in [1.54, 1.807) is 0 Å². The van der Waals surface area contributed by atoms with E-state index in [2.05, 4.69) is 11.9 Å². The number of hydrogen-bond acceptors (Lipinski definition) is 4. The number of ether oxygens (including phenoxy) is 1. The fourth-order valence-electron chi connectivity index (χ4n) is 1.64. The van der Waals surface area contributed by atoms with Gasteiger partial charge in [0.25, 0.3) is 5.56 Å². The van der Waals surface area contributed by atoms with Gasteiger partial charge in [0.2, 0.25) is 0 Å². The highest BCUT2D eigenvalue weighted by molar-refractivity contribution is 5.93. The van der Waals surface area contributed by atoms with Crippen molar-refractivity contribution in [1.29, 1.82) is 0 Å². The first kappa shape index (κ1) is 15.4. The minimum atomic E-state index is -0.537. The van der Waals surface area contributed by atoms with Gasteiger partial charge in [0.1, 0.15) is 0 Å². The van der Waals surface area contributed by atoms with E-state index in [4.69, 9.17) is 4.74 Å². The van der Waals surface area contributed by atoms with Crippen LogP contribution in [0, 0.1) is 0 Å². The number of aromatic nitrogens is 2. The second-order valence-corrected chi connectivity index (χ2v) is 4.34. The van der Waals surface area contributed by atoms with Crippen molar-refractivity contribution in [2.45, 2.75) is 39.7 Å². The fraction of sp³-hybridized carbons (Fsp3) is 0.615. The van der Waals surface area contributed by atoms with E-state index in [0.717, 1.165) is 17.4 Å². The SMILES string of the molecule is CCCCOCCCn1c(=O)[nH]cc(C(C)=O)c1=O. The van der Waals surface area contributed by atoms with Crippen LogP contribution in [0.3, 0.4) is 0 Å². The molecular formula is C13H20N2O4. The summed E-state index contributed by atoms with van der Waals surface area (Å²) < 4.78 is 6.40. The second kappa shape index (κ2) is 7.68. The van der Waals surface area contributed by atoms with Crippen LogP contribution in [0.1, 0.15) is 43.5 Å². The molecule has 0 spiro atoms. The molecule has 0 amide bonds. The molecule has 106 valence electrons. The molecule has 6 heteroatoms. The third kappa shape index (κ3) is 4.48. The number of nitrogens with one attached hydrogen (secondary N) is 1. The third-order valence-corrected chi connectivity index (χ3v) is 2.75.